The van der Waals surface area contributed by atoms with Crippen molar-refractivity contribution in [1.29, 1.82) is 0 Å². The molecule has 242 valence electrons. The van der Waals surface area contributed by atoms with Crippen molar-refractivity contribution >= 4 is 65.0 Å². The highest BCUT2D eigenvalue weighted by molar-refractivity contribution is 7.26. The van der Waals surface area contributed by atoms with Crippen LogP contribution in [0.1, 0.15) is 23.0 Å². The van der Waals surface area contributed by atoms with E-state index < -0.39 is 0 Å². The highest BCUT2D eigenvalue weighted by atomic mass is 32.1. The lowest BCUT2D eigenvalue weighted by molar-refractivity contribution is 0.385. The average molecular weight is 674 g/mol. The number of benzene rings is 6. The van der Waals surface area contributed by atoms with Gasteiger partial charge in [0, 0.05) is 61.0 Å². The highest BCUT2D eigenvalue weighted by Gasteiger charge is 2.29. The van der Waals surface area contributed by atoms with Crippen molar-refractivity contribution in [3.8, 4) is 16.8 Å². The molecule has 6 aromatic carbocycles. The summed E-state index contributed by atoms with van der Waals surface area (Å²) in [5, 5.41) is 5.00. The van der Waals surface area contributed by atoms with Crippen LogP contribution in [0.15, 0.2) is 174 Å². The largest absolute Gasteiger partial charge is 0.333 e. The van der Waals surface area contributed by atoms with Crippen molar-refractivity contribution in [2.45, 2.75) is 6.17 Å². The number of para-hydroxylation sites is 2. The third kappa shape index (κ3) is 4.87. The number of thiophene rings is 1. The fraction of sp³-hybridized carbons (Fsp3) is 0.0444. The molecule has 51 heavy (non-hydrogen) atoms. The topological polar surface area (TPSA) is 45.8 Å². The average Bonchev–Trinajstić information content (AvgIpc) is 3.74. The highest BCUT2D eigenvalue weighted by Crippen LogP contribution is 2.43. The second kappa shape index (κ2) is 11.9. The lowest BCUT2D eigenvalue weighted by Gasteiger charge is -2.32. The molecular formula is C45H31N5S. The number of aliphatic imine (C=N–C) groups is 2. The Balaban J connectivity index is 1.10. The quantitative estimate of drug-likeness (QED) is 0.183. The molecule has 0 amide bonds. The van der Waals surface area contributed by atoms with E-state index in [1.54, 1.807) is 6.20 Å². The number of amidine groups is 2. The van der Waals surface area contributed by atoms with Gasteiger partial charge in [-0.15, -0.1) is 11.3 Å². The third-order valence-electron chi connectivity index (χ3n) is 9.91. The molecule has 0 spiro atoms. The Morgan fingerprint density at radius 2 is 1.27 bits per heavy atom. The predicted molar refractivity (Wildman–Crippen MR) is 213 cm³/mol. The van der Waals surface area contributed by atoms with E-state index >= 15 is 0 Å². The molecular weight excluding hydrogens is 643 g/mol. The van der Waals surface area contributed by atoms with Crippen LogP contribution in [0.25, 0.3) is 58.8 Å². The van der Waals surface area contributed by atoms with E-state index in [1.807, 2.05) is 35.6 Å². The lowest BCUT2D eigenvalue weighted by Crippen LogP contribution is -2.35. The van der Waals surface area contributed by atoms with Gasteiger partial charge >= 0.3 is 0 Å². The van der Waals surface area contributed by atoms with Crippen molar-refractivity contribution in [3.63, 3.8) is 0 Å². The van der Waals surface area contributed by atoms with Crippen LogP contribution in [0.3, 0.4) is 0 Å². The molecule has 0 aliphatic carbocycles. The number of rotatable bonds is 5. The molecule has 0 saturated carbocycles. The van der Waals surface area contributed by atoms with Gasteiger partial charge < -0.3 is 9.47 Å². The summed E-state index contributed by atoms with van der Waals surface area (Å²) >= 11 is 1.83. The van der Waals surface area contributed by atoms with Crippen molar-refractivity contribution in [3.05, 3.63) is 181 Å². The van der Waals surface area contributed by atoms with Crippen molar-refractivity contribution in [2.24, 2.45) is 9.98 Å². The third-order valence-corrected chi connectivity index (χ3v) is 11.1. The smallest absolute Gasteiger partial charge is 0.178 e. The van der Waals surface area contributed by atoms with Gasteiger partial charge in [0.25, 0.3) is 0 Å². The molecule has 0 fully saturated rings. The summed E-state index contributed by atoms with van der Waals surface area (Å²) in [6.45, 7) is 0. The molecule has 3 aromatic heterocycles. The maximum absolute atomic E-state index is 5.24. The number of pyridine rings is 1. The van der Waals surface area contributed by atoms with Crippen LogP contribution in [-0.2, 0) is 0 Å². The number of nitrogens with zero attached hydrogens (tertiary/aromatic N) is 5. The zero-order chi connectivity index (χ0) is 33.9. The number of hydrogen-bond donors (Lipinski definition) is 0. The molecule has 1 aliphatic rings. The van der Waals surface area contributed by atoms with Gasteiger partial charge in [-0.05, 0) is 65.7 Å². The Morgan fingerprint density at radius 3 is 2.10 bits per heavy atom. The standard InChI is InChI=1S/C45H31N5S/c1-49-44(29-13-4-2-5-14-29)47-43(38-20-10-11-26-46-38)48-45(49)35-19-12-18-34-37-28-31(23-25-41(37)51-42(34)35)30-22-24-40-36(27-30)33-17-8-9-21-39(33)50(40)32-15-6-3-7-16-32/h2-28,45H,1H3. The minimum Gasteiger partial charge on any atom is -0.333 e. The van der Waals surface area contributed by atoms with E-state index in [9.17, 15) is 0 Å². The molecule has 0 bridgehead atoms. The van der Waals surface area contributed by atoms with Gasteiger partial charge in [0.2, 0.25) is 0 Å². The molecule has 1 atom stereocenters. The summed E-state index contributed by atoms with van der Waals surface area (Å²) in [5.41, 5.74) is 8.96. The summed E-state index contributed by atoms with van der Waals surface area (Å²) < 4.78 is 4.86. The first-order chi connectivity index (χ1) is 25.2. The Hall–Kier alpha value is -6.37. The zero-order valence-electron chi connectivity index (χ0n) is 27.8. The van der Waals surface area contributed by atoms with Crippen LogP contribution >= 0.6 is 11.3 Å². The number of aromatic nitrogens is 2. The summed E-state index contributed by atoms with van der Waals surface area (Å²) in [4.78, 5) is 17.1. The summed E-state index contributed by atoms with van der Waals surface area (Å²) in [6, 6.07) is 56.0. The van der Waals surface area contributed by atoms with Gasteiger partial charge in [-0.1, -0.05) is 103 Å². The van der Waals surface area contributed by atoms with Gasteiger partial charge in [-0.25, -0.2) is 9.98 Å². The van der Waals surface area contributed by atoms with Gasteiger partial charge in [-0.3, -0.25) is 4.98 Å². The molecule has 0 saturated heterocycles. The second-order valence-corrected chi connectivity index (χ2v) is 14.0. The molecule has 9 aromatic rings. The molecule has 0 N–H and O–H groups in total. The fourth-order valence-electron chi connectivity index (χ4n) is 7.49. The van der Waals surface area contributed by atoms with E-state index in [4.69, 9.17) is 9.98 Å². The normalized spacial score (nSPS) is 14.8. The zero-order valence-corrected chi connectivity index (χ0v) is 28.6. The van der Waals surface area contributed by atoms with Gasteiger partial charge in [0.15, 0.2) is 12.0 Å². The Kier molecular flexibility index (Phi) is 6.89. The van der Waals surface area contributed by atoms with Gasteiger partial charge in [-0.2, -0.15) is 0 Å². The predicted octanol–water partition coefficient (Wildman–Crippen LogP) is 11.1. The van der Waals surface area contributed by atoms with E-state index in [-0.39, 0.29) is 6.17 Å². The fourth-order valence-corrected chi connectivity index (χ4v) is 8.70. The molecule has 0 radical (unpaired) electrons. The van der Waals surface area contributed by atoms with E-state index in [2.05, 4.69) is 155 Å². The molecule has 1 aliphatic heterocycles. The van der Waals surface area contributed by atoms with Crippen LogP contribution in [-0.4, -0.2) is 33.2 Å². The number of hydrogen-bond acceptors (Lipinski definition) is 5. The Labute approximate surface area is 299 Å². The van der Waals surface area contributed by atoms with Crippen LogP contribution in [0, 0.1) is 0 Å². The van der Waals surface area contributed by atoms with Crippen LogP contribution < -0.4 is 0 Å². The van der Waals surface area contributed by atoms with Crippen LogP contribution in [0.5, 0.6) is 0 Å². The minimum atomic E-state index is -0.268. The first-order valence-corrected chi connectivity index (χ1v) is 17.9. The van der Waals surface area contributed by atoms with Crippen molar-refractivity contribution in [2.75, 3.05) is 7.05 Å². The first-order valence-electron chi connectivity index (χ1n) is 17.1. The van der Waals surface area contributed by atoms with Gasteiger partial charge in [0.05, 0.1) is 11.0 Å². The maximum atomic E-state index is 5.24. The molecule has 5 nitrogen and oxygen atoms in total. The SMILES string of the molecule is CN1C(c2ccccc2)=NC(c2ccccn2)=NC1c1cccc2c1sc1ccc(-c3ccc4c(c3)c3ccccc3n4-c3ccccc3)cc12. The second-order valence-electron chi connectivity index (χ2n) is 12.9. The van der Waals surface area contributed by atoms with Crippen molar-refractivity contribution < 1.29 is 0 Å². The molecule has 6 heteroatoms. The number of fused-ring (bicyclic) bond motifs is 6. The van der Waals surface area contributed by atoms with Gasteiger partial charge in [0.1, 0.15) is 11.5 Å². The Bertz CT molecular complexity index is 2820. The van der Waals surface area contributed by atoms with E-state index in [1.165, 1.54) is 58.8 Å². The summed E-state index contributed by atoms with van der Waals surface area (Å²) in [6.07, 6.45) is 1.53. The lowest BCUT2D eigenvalue weighted by atomic mass is 10.00. The van der Waals surface area contributed by atoms with E-state index in [0.29, 0.717) is 5.84 Å². The monoisotopic (exact) mass is 673 g/mol. The molecule has 10 rings (SSSR count). The summed E-state index contributed by atoms with van der Waals surface area (Å²) in [7, 11) is 2.09. The first kappa shape index (κ1) is 29.5. The minimum absolute atomic E-state index is 0.268. The molecule has 1 unspecified atom stereocenters. The Morgan fingerprint density at radius 1 is 0.569 bits per heavy atom. The van der Waals surface area contributed by atoms with Crippen LogP contribution in [0.4, 0.5) is 0 Å². The molecule has 4 heterocycles. The van der Waals surface area contributed by atoms with Crippen LogP contribution in [0.2, 0.25) is 0 Å². The maximum Gasteiger partial charge on any atom is 0.178 e. The van der Waals surface area contributed by atoms with Crippen molar-refractivity contribution in [1.82, 2.24) is 14.5 Å². The summed E-state index contributed by atoms with van der Waals surface area (Å²) in [5.74, 6) is 1.52. The van der Waals surface area contributed by atoms with E-state index in [0.717, 1.165) is 22.7 Å².